The standard InChI is InChI=1S/C13H14BrClN2/c1-2-17-7-3-4-11(17)9-16-13-8-10(15)5-6-12(13)14/h3-8,16H,2,9H2,1H3. The van der Waals surface area contributed by atoms with Gasteiger partial charge in [0.2, 0.25) is 0 Å². The molecule has 0 unspecified atom stereocenters. The quantitative estimate of drug-likeness (QED) is 0.877. The number of rotatable bonds is 4. The molecule has 2 aromatic rings. The molecule has 0 aliphatic carbocycles. The van der Waals surface area contributed by atoms with Gasteiger partial charge in [-0.05, 0) is 53.2 Å². The van der Waals surface area contributed by atoms with E-state index in [-0.39, 0.29) is 0 Å². The van der Waals surface area contributed by atoms with Crippen molar-refractivity contribution >= 4 is 33.2 Å². The molecular formula is C13H14BrClN2. The predicted octanol–water partition coefficient (Wildman–Crippen LogP) is 4.54. The Morgan fingerprint density at radius 1 is 1.35 bits per heavy atom. The SMILES string of the molecule is CCn1cccc1CNc1cc(Cl)ccc1Br. The van der Waals surface area contributed by atoms with Crippen LogP contribution in [0.25, 0.3) is 0 Å². The fourth-order valence-electron chi connectivity index (χ4n) is 1.74. The van der Waals surface area contributed by atoms with E-state index in [0.29, 0.717) is 0 Å². The van der Waals surface area contributed by atoms with Gasteiger partial charge < -0.3 is 9.88 Å². The molecule has 90 valence electrons. The van der Waals surface area contributed by atoms with Crippen molar-refractivity contribution in [3.63, 3.8) is 0 Å². The van der Waals surface area contributed by atoms with E-state index in [1.807, 2.05) is 18.2 Å². The highest BCUT2D eigenvalue weighted by Crippen LogP contribution is 2.26. The number of anilines is 1. The lowest BCUT2D eigenvalue weighted by Crippen LogP contribution is -2.06. The second kappa shape index (κ2) is 5.61. The van der Waals surface area contributed by atoms with E-state index in [2.05, 4.69) is 51.1 Å². The maximum Gasteiger partial charge on any atom is 0.0553 e. The minimum atomic E-state index is 0.738. The summed E-state index contributed by atoms with van der Waals surface area (Å²) in [6.07, 6.45) is 2.09. The van der Waals surface area contributed by atoms with E-state index in [1.165, 1.54) is 5.69 Å². The van der Waals surface area contributed by atoms with Crippen molar-refractivity contribution in [3.05, 3.63) is 51.7 Å². The van der Waals surface area contributed by atoms with Gasteiger partial charge in [0.15, 0.2) is 0 Å². The van der Waals surface area contributed by atoms with Crippen molar-refractivity contribution < 1.29 is 0 Å². The third kappa shape index (κ3) is 3.05. The highest BCUT2D eigenvalue weighted by atomic mass is 79.9. The van der Waals surface area contributed by atoms with Crippen LogP contribution in [0.3, 0.4) is 0 Å². The summed E-state index contributed by atoms with van der Waals surface area (Å²) in [6, 6.07) is 9.92. The molecule has 1 aromatic carbocycles. The van der Waals surface area contributed by atoms with Gasteiger partial charge in [0.1, 0.15) is 0 Å². The van der Waals surface area contributed by atoms with Crippen LogP contribution in [0.2, 0.25) is 5.02 Å². The lowest BCUT2D eigenvalue weighted by Gasteiger charge is -2.11. The Kier molecular flexibility index (Phi) is 4.13. The Morgan fingerprint density at radius 2 is 2.18 bits per heavy atom. The van der Waals surface area contributed by atoms with Gasteiger partial charge >= 0.3 is 0 Å². The topological polar surface area (TPSA) is 17.0 Å². The van der Waals surface area contributed by atoms with Gasteiger partial charge in [0.05, 0.1) is 12.2 Å². The Labute approximate surface area is 115 Å². The van der Waals surface area contributed by atoms with Crippen molar-refractivity contribution in [1.82, 2.24) is 4.57 Å². The van der Waals surface area contributed by atoms with E-state index < -0.39 is 0 Å². The molecule has 0 aliphatic heterocycles. The molecule has 1 aromatic heterocycles. The van der Waals surface area contributed by atoms with E-state index >= 15 is 0 Å². The predicted molar refractivity (Wildman–Crippen MR) is 76.6 cm³/mol. The summed E-state index contributed by atoms with van der Waals surface area (Å²) in [5, 5.41) is 4.12. The maximum absolute atomic E-state index is 5.97. The summed E-state index contributed by atoms with van der Waals surface area (Å²) in [4.78, 5) is 0. The largest absolute Gasteiger partial charge is 0.379 e. The number of halogens is 2. The van der Waals surface area contributed by atoms with Crippen molar-refractivity contribution in [2.24, 2.45) is 0 Å². The van der Waals surface area contributed by atoms with Crippen molar-refractivity contribution in [2.45, 2.75) is 20.0 Å². The minimum Gasteiger partial charge on any atom is -0.379 e. The first-order valence-corrected chi connectivity index (χ1v) is 6.70. The lowest BCUT2D eigenvalue weighted by atomic mass is 10.3. The minimum absolute atomic E-state index is 0.738. The second-order valence-electron chi connectivity index (χ2n) is 3.76. The van der Waals surface area contributed by atoms with Gasteiger partial charge in [-0.25, -0.2) is 0 Å². The molecule has 0 atom stereocenters. The van der Waals surface area contributed by atoms with E-state index in [9.17, 15) is 0 Å². The number of aryl methyl sites for hydroxylation is 1. The normalized spacial score (nSPS) is 10.5. The molecule has 0 amide bonds. The molecule has 0 fully saturated rings. The number of benzene rings is 1. The van der Waals surface area contributed by atoms with Crippen LogP contribution in [-0.2, 0) is 13.1 Å². The molecule has 0 saturated carbocycles. The van der Waals surface area contributed by atoms with Crippen molar-refractivity contribution in [2.75, 3.05) is 5.32 Å². The van der Waals surface area contributed by atoms with E-state index in [1.54, 1.807) is 0 Å². The highest BCUT2D eigenvalue weighted by molar-refractivity contribution is 9.10. The zero-order chi connectivity index (χ0) is 12.3. The number of hydrogen-bond acceptors (Lipinski definition) is 1. The Bertz CT molecular complexity index is 508. The summed E-state index contributed by atoms with van der Waals surface area (Å²) in [5.41, 5.74) is 2.28. The molecule has 4 heteroatoms. The first-order valence-electron chi connectivity index (χ1n) is 5.53. The van der Waals surface area contributed by atoms with Crippen LogP contribution in [-0.4, -0.2) is 4.57 Å². The lowest BCUT2D eigenvalue weighted by molar-refractivity contribution is 0.724. The third-order valence-electron chi connectivity index (χ3n) is 2.65. The maximum atomic E-state index is 5.97. The second-order valence-corrected chi connectivity index (χ2v) is 5.05. The summed E-state index contributed by atoms with van der Waals surface area (Å²) in [7, 11) is 0. The Hall–Kier alpha value is -0.930. The fourth-order valence-corrected chi connectivity index (χ4v) is 2.30. The van der Waals surface area contributed by atoms with E-state index in [4.69, 9.17) is 11.6 Å². The van der Waals surface area contributed by atoms with Crippen LogP contribution in [0.4, 0.5) is 5.69 Å². The Morgan fingerprint density at radius 3 is 2.94 bits per heavy atom. The first-order chi connectivity index (χ1) is 8.20. The average molecular weight is 314 g/mol. The third-order valence-corrected chi connectivity index (χ3v) is 3.58. The van der Waals surface area contributed by atoms with Crippen LogP contribution >= 0.6 is 27.5 Å². The van der Waals surface area contributed by atoms with Crippen LogP contribution < -0.4 is 5.32 Å². The molecular weight excluding hydrogens is 300 g/mol. The number of hydrogen-bond donors (Lipinski definition) is 1. The zero-order valence-corrected chi connectivity index (χ0v) is 11.9. The molecule has 0 spiro atoms. The first kappa shape index (κ1) is 12.5. The molecule has 0 aliphatic rings. The number of nitrogens with zero attached hydrogens (tertiary/aromatic N) is 1. The summed E-state index contributed by atoms with van der Waals surface area (Å²) in [5.74, 6) is 0. The van der Waals surface area contributed by atoms with Gasteiger partial charge in [0, 0.05) is 27.9 Å². The summed E-state index contributed by atoms with van der Waals surface area (Å²) in [6.45, 7) is 3.92. The zero-order valence-electron chi connectivity index (χ0n) is 9.58. The molecule has 0 radical (unpaired) electrons. The average Bonchev–Trinajstić information content (AvgIpc) is 2.77. The van der Waals surface area contributed by atoms with Gasteiger partial charge in [0.25, 0.3) is 0 Å². The van der Waals surface area contributed by atoms with Gasteiger partial charge in [-0.2, -0.15) is 0 Å². The summed E-state index contributed by atoms with van der Waals surface area (Å²) >= 11 is 9.47. The van der Waals surface area contributed by atoms with Crippen LogP contribution in [0, 0.1) is 0 Å². The molecule has 17 heavy (non-hydrogen) atoms. The van der Waals surface area contributed by atoms with Gasteiger partial charge in [-0.1, -0.05) is 11.6 Å². The van der Waals surface area contributed by atoms with E-state index in [0.717, 1.165) is 28.3 Å². The highest BCUT2D eigenvalue weighted by Gasteiger charge is 2.02. The Balaban J connectivity index is 2.09. The molecule has 2 rings (SSSR count). The van der Waals surface area contributed by atoms with Crippen LogP contribution in [0.1, 0.15) is 12.6 Å². The molecule has 1 heterocycles. The van der Waals surface area contributed by atoms with Crippen molar-refractivity contribution in [1.29, 1.82) is 0 Å². The molecule has 0 saturated heterocycles. The molecule has 1 N–H and O–H groups in total. The fraction of sp³-hybridized carbons (Fsp3) is 0.231. The molecule has 0 bridgehead atoms. The number of nitrogens with one attached hydrogen (secondary N) is 1. The number of aromatic nitrogens is 1. The van der Waals surface area contributed by atoms with Crippen LogP contribution in [0.5, 0.6) is 0 Å². The monoisotopic (exact) mass is 312 g/mol. The van der Waals surface area contributed by atoms with Gasteiger partial charge in [-0.15, -0.1) is 0 Å². The van der Waals surface area contributed by atoms with Gasteiger partial charge in [-0.3, -0.25) is 0 Å². The van der Waals surface area contributed by atoms with Crippen molar-refractivity contribution in [3.8, 4) is 0 Å². The smallest absolute Gasteiger partial charge is 0.0553 e. The van der Waals surface area contributed by atoms with Crippen LogP contribution in [0.15, 0.2) is 41.0 Å². The summed E-state index contributed by atoms with van der Waals surface area (Å²) < 4.78 is 3.24. The molecule has 2 nitrogen and oxygen atoms in total.